The third kappa shape index (κ3) is 2.50. The predicted octanol–water partition coefficient (Wildman–Crippen LogP) is -0.0261. The van der Waals surface area contributed by atoms with E-state index in [0.717, 1.165) is 0 Å². The summed E-state index contributed by atoms with van der Waals surface area (Å²) in [6.07, 6.45) is 1.70. The number of esters is 1. The molecule has 0 aliphatic carbocycles. The van der Waals surface area contributed by atoms with Gasteiger partial charge in [0.1, 0.15) is 5.82 Å². The number of hydrogen-bond donors (Lipinski definition) is 2. The molecule has 7 heteroatoms. The third-order valence-electron chi connectivity index (χ3n) is 2.97. The predicted molar refractivity (Wildman–Crippen MR) is 70.1 cm³/mol. The first-order chi connectivity index (χ1) is 9.06. The summed E-state index contributed by atoms with van der Waals surface area (Å²) < 4.78 is 4.65. The zero-order chi connectivity index (χ0) is 14.0. The number of aromatic nitrogens is 1. The Kier molecular flexibility index (Phi) is 3.66. The van der Waals surface area contributed by atoms with Gasteiger partial charge in [-0.3, -0.25) is 4.79 Å². The molecule has 1 saturated heterocycles. The van der Waals surface area contributed by atoms with Gasteiger partial charge >= 0.3 is 5.97 Å². The van der Waals surface area contributed by atoms with E-state index in [1.807, 2.05) is 0 Å². The zero-order valence-electron chi connectivity index (χ0n) is 10.8. The average molecular weight is 264 g/mol. The Morgan fingerprint density at radius 2 is 2.37 bits per heavy atom. The second-order valence-electron chi connectivity index (χ2n) is 4.30. The molecule has 0 bridgehead atoms. The van der Waals surface area contributed by atoms with Crippen molar-refractivity contribution >= 4 is 23.4 Å². The zero-order valence-corrected chi connectivity index (χ0v) is 10.8. The summed E-state index contributed by atoms with van der Waals surface area (Å²) >= 11 is 0. The van der Waals surface area contributed by atoms with Crippen molar-refractivity contribution in [1.82, 2.24) is 4.98 Å². The van der Waals surface area contributed by atoms with Crippen LogP contribution in [0.4, 0.5) is 11.5 Å². The normalized spacial score (nSPS) is 18.6. The number of nitrogens with one attached hydrogen (secondary N) is 1. The lowest BCUT2D eigenvalue weighted by atomic mass is 10.2. The lowest BCUT2D eigenvalue weighted by molar-refractivity contribution is -0.117. The molecule has 0 saturated carbocycles. The van der Waals surface area contributed by atoms with E-state index >= 15 is 0 Å². The minimum Gasteiger partial charge on any atom is -0.465 e. The van der Waals surface area contributed by atoms with Crippen LogP contribution in [0.1, 0.15) is 16.8 Å². The van der Waals surface area contributed by atoms with Crippen molar-refractivity contribution in [3.8, 4) is 0 Å². The Morgan fingerprint density at radius 3 is 2.89 bits per heavy atom. The van der Waals surface area contributed by atoms with Crippen LogP contribution in [0.25, 0.3) is 0 Å². The fourth-order valence-corrected chi connectivity index (χ4v) is 2.05. The van der Waals surface area contributed by atoms with Crippen LogP contribution < -0.4 is 16.0 Å². The number of ether oxygens (including phenoxy) is 1. The molecule has 1 aromatic rings. The van der Waals surface area contributed by atoms with E-state index in [0.29, 0.717) is 30.0 Å². The van der Waals surface area contributed by atoms with E-state index < -0.39 is 5.97 Å². The number of methoxy groups -OCH3 is 1. The molecule has 1 fully saturated rings. The van der Waals surface area contributed by atoms with Gasteiger partial charge in [0.2, 0.25) is 5.91 Å². The van der Waals surface area contributed by atoms with E-state index in [2.05, 4.69) is 15.0 Å². The molecular formula is C12H16N4O3. The van der Waals surface area contributed by atoms with Crippen LogP contribution in [0.2, 0.25) is 0 Å². The van der Waals surface area contributed by atoms with Gasteiger partial charge < -0.3 is 20.7 Å². The van der Waals surface area contributed by atoms with Gasteiger partial charge in [-0.05, 0) is 6.07 Å². The molecule has 102 valence electrons. The number of nitrogens with two attached hydrogens (primary N) is 1. The molecule has 0 aromatic carbocycles. The molecule has 1 unspecified atom stereocenters. The first-order valence-electron chi connectivity index (χ1n) is 5.89. The van der Waals surface area contributed by atoms with E-state index in [1.165, 1.54) is 18.2 Å². The second kappa shape index (κ2) is 5.23. The van der Waals surface area contributed by atoms with Crippen LogP contribution >= 0.6 is 0 Å². The number of pyridine rings is 1. The van der Waals surface area contributed by atoms with Crippen molar-refractivity contribution in [2.24, 2.45) is 5.73 Å². The largest absolute Gasteiger partial charge is 0.465 e. The smallest absolute Gasteiger partial charge is 0.339 e. The topological polar surface area (TPSA) is 97.6 Å². The summed E-state index contributed by atoms with van der Waals surface area (Å²) in [6.45, 7) is 0.416. The minimum atomic E-state index is -0.493. The summed E-state index contributed by atoms with van der Waals surface area (Å²) in [5.74, 6) is -0.0460. The maximum absolute atomic E-state index is 11.9. The molecule has 1 aliphatic rings. The molecule has 3 N–H and O–H groups in total. The summed E-state index contributed by atoms with van der Waals surface area (Å²) in [4.78, 5) is 29.1. The number of hydrogen-bond acceptors (Lipinski definition) is 6. The van der Waals surface area contributed by atoms with E-state index in [9.17, 15) is 9.59 Å². The van der Waals surface area contributed by atoms with Crippen molar-refractivity contribution in [1.29, 1.82) is 0 Å². The van der Waals surface area contributed by atoms with Gasteiger partial charge in [-0.1, -0.05) is 0 Å². The molecule has 0 radical (unpaired) electrons. The number of anilines is 2. The standard InChI is InChI=1S/C12H16N4O3/c1-14-11-9(16-6-8(13)4-10(16)17)3-7(5-15-11)12(18)19-2/h3,5,8H,4,6,13H2,1-2H3,(H,14,15). The Hall–Kier alpha value is -2.15. The highest BCUT2D eigenvalue weighted by Gasteiger charge is 2.30. The van der Waals surface area contributed by atoms with Crippen LogP contribution in [-0.2, 0) is 9.53 Å². The van der Waals surface area contributed by atoms with Crippen LogP contribution in [-0.4, -0.2) is 43.6 Å². The van der Waals surface area contributed by atoms with Gasteiger partial charge in [0.15, 0.2) is 0 Å². The Labute approximate surface area is 110 Å². The van der Waals surface area contributed by atoms with Gasteiger partial charge in [-0.15, -0.1) is 0 Å². The van der Waals surface area contributed by atoms with Crippen molar-refractivity contribution in [2.75, 3.05) is 30.9 Å². The van der Waals surface area contributed by atoms with Crippen LogP contribution in [0.5, 0.6) is 0 Å². The summed E-state index contributed by atoms with van der Waals surface area (Å²) in [5.41, 5.74) is 6.61. The number of rotatable bonds is 3. The molecular weight excluding hydrogens is 248 g/mol. The van der Waals surface area contributed by atoms with Crippen LogP contribution in [0.3, 0.4) is 0 Å². The number of carbonyl (C=O) groups is 2. The first kappa shape index (κ1) is 13.3. The lowest BCUT2D eigenvalue weighted by Crippen LogP contribution is -2.29. The molecule has 1 amide bonds. The highest BCUT2D eigenvalue weighted by molar-refractivity contribution is 6.00. The minimum absolute atomic E-state index is 0.0761. The fraction of sp³-hybridized carbons (Fsp3) is 0.417. The number of carbonyl (C=O) groups excluding carboxylic acids is 2. The van der Waals surface area contributed by atoms with Crippen LogP contribution in [0.15, 0.2) is 12.3 Å². The molecule has 1 aromatic heterocycles. The van der Waals surface area contributed by atoms with Crippen LogP contribution in [0, 0.1) is 0 Å². The van der Waals surface area contributed by atoms with E-state index in [4.69, 9.17) is 5.73 Å². The SMILES string of the molecule is CNc1ncc(C(=O)OC)cc1N1CC(N)CC1=O. The monoisotopic (exact) mass is 264 g/mol. The molecule has 7 nitrogen and oxygen atoms in total. The quantitative estimate of drug-likeness (QED) is 0.744. The molecule has 1 aliphatic heterocycles. The number of nitrogens with zero attached hydrogens (tertiary/aromatic N) is 2. The Bertz CT molecular complexity index is 518. The fourth-order valence-electron chi connectivity index (χ4n) is 2.05. The van der Waals surface area contributed by atoms with Gasteiger partial charge in [-0.2, -0.15) is 0 Å². The van der Waals surface area contributed by atoms with E-state index in [1.54, 1.807) is 13.1 Å². The average Bonchev–Trinajstić information content (AvgIpc) is 2.76. The summed E-state index contributed by atoms with van der Waals surface area (Å²) in [6, 6.07) is 1.39. The molecule has 1 atom stereocenters. The first-order valence-corrected chi connectivity index (χ1v) is 5.89. The second-order valence-corrected chi connectivity index (χ2v) is 4.30. The van der Waals surface area contributed by atoms with Crippen molar-refractivity contribution in [2.45, 2.75) is 12.5 Å². The summed E-state index contributed by atoms with van der Waals surface area (Å²) in [5, 5.41) is 2.89. The lowest BCUT2D eigenvalue weighted by Gasteiger charge is -2.19. The van der Waals surface area contributed by atoms with Gasteiger partial charge in [0.05, 0.1) is 18.4 Å². The van der Waals surface area contributed by atoms with Gasteiger partial charge in [0, 0.05) is 32.3 Å². The highest BCUT2D eigenvalue weighted by atomic mass is 16.5. The van der Waals surface area contributed by atoms with Crippen molar-refractivity contribution in [3.05, 3.63) is 17.8 Å². The Balaban J connectivity index is 2.42. The highest BCUT2D eigenvalue weighted by Crippen LogP contribution is 2.28. The van der Waals surface area contributed by atoms with Gasteiger partial charge in [-0.25, -0.2) is 9.78 Å². The van der Waals surface area contributed by atoms with Crippen molar-refractivity contribution in [3.63, 3.8) is 0 Å². The maximum Gasteiger partial charge on any atom is 0.339 e. The molecule has 2 rings (SSSR count). The maximum atomic E-state index is 11.9. The molecule has 2 heterocycles. The summed E-state index contributed by atoms with van der Waals surface area (Å²) in [7, 11) is 3.00. The number of amides is 1. The Morgan fingerprint density at radius 1 is 1.63 bits per heavy atom. The molecule has 0 spiro atoms. The van der Waals surface area contributed by atoms with E-state index in [-0.39, 0.29) is 11.9 Å². The molecule has 19 heavy (non-hydrogen) atoms. The third-order valence-corrected chi connectivity index (χ3v) is 2.97. The van der Waals surface area contributed by atoms with Crippen molar-refractivity contribution < 1.29 is 14.3 Å². The van der Waals surface area contributed by atoms with Gasteiger partial charge in [0.25, 0.3) is 0 Å².